The highest BCUT2D eigenvalue weighted by Crippen LogP contribution is 2.38. The molecule has 5 heteroatoms. The average Bonchev–Trinajstić information content (AvgIpc) is 2.88. The molecule has 0 heterocycles. The molecule has 116 valence electrons. The lowest BCUT2D eigenvalue weighted by atomic mass is 9.85. The molecule has 0 aromatic heterocycles. The van der Waals surface area contributed by atoms with E-state index in [2.05, 4.69) is 31.1 Å². The lowest BCUT2D eigenvalue weighted by molar-refractivity contribution is -0.127. The van der Waals surface area contributed by atoms with Gasteiger partial charge in [-0.15, -0.1) is 0 Å². The summed E-state index contributed by atoms with van der Waals surface area (Å²) in [6.45, 7) is 6.16. The van der Waals surface area contributed by atoms with E-state index in [1.165, 1.54) is 0 Å². The smallest absolute Gasteiger partial charge is 0.233 e. The van der Waals surface area contributed by atoms with Crippen molar-refractivity contribution in [3.63, 3.8) is 0 Å². The molecule has 3 N–H and O–H groups in total. The molecule has 1 amide bonds. The van der Waals surface area contributed by atoms with Crippen LogP contribution in [0.3, 0.4) is 0 Å². The minimum atomic E-state index is -0.565. The van der Waals surface area contributed by atoms with Crippen molar-refractivity contribution in [1.29, 1.82) is 0 Å². The lowest BCUT2D eigenvalue weighted by Gasteiger charge is -2.26. The maximum Gasteiger partial charge on any atom is 0.233 e. The minimum absolute atomic E-state index is 0.0414. The van der Waals surface area contributed by atoms with Gasteiger partial charge in [0.25, 0.3) is 0 Å². The monoisotopic (exact) mass is 299 g/mol. The molecule has 1 rings (SSSR count). The standard InChI is InChI=1S/C15H29N3OS/c1-12(2)18(3)11-7-6-10-17-14(19)15(13(16)20)8-4-5-9-15/h12H,4-11H2,1-3H3,(H2,16,20)(H,17,19). The molecular formula is C15H29N3OS. The van der Waals surface area contributed by atoms with Crippen molar-refractivity contribution in [3.05, 3.63) is 0 Å². The van der Waals surface area contributed by atoms with Crippen molar-refractivity contribution in [1.82, 2.24) is 10.2 Å². The Morgan fingerprint density at radius 3 is 2.45 bits per heavy atom. The molecule has 20 heavy (non-hydrogen) atoms. The summed E-state index contributed by atoms with van der Waals surface area (Å²) in [6, 6.07) is 0.570. The molecule has 0 atom stereocenters. The molecule has 0 spiro atoms. The highest BCUT2D eigenvalue weighted by molar-refractivity contribution is 7.80. The van der Waals surface area contributed by atoms with Crippen LogP contribution in [0.15, 0.2) is 0 Å². The highest BCUT2D eigenvalue weighted by Gasteiger charge is 2.43. The maximum absolute atomic E-state index is 12.3. The average molecular weight is 299 g/mol. The summed E-state index contributed by atoms with van der Waals surface area (Å²) < 4.78 is 0. The van der Waals surface area contributed by atoms with Crippen LogP contribution in [-0.4, -0.2) is 42.0 Å². The number of carbonyl (C=O) groups excluding carboxylic acids is 1. The fraction of sp³-hybridized carbons (Fsp3) is 0.867. The number of nitrogens with two attached hydrogens (primary N) is 1. The van der Waals surface area contributed by atoms with Gasteiger partial charge in [-0.3, -0.25) is 4.79 Å². The van der Waals surface area contributed by atoms with Gasteiger partial charge in [0.15, 0.2) is 0 Å². The van der Waals surface area contributed by atoms with Gasteiger partial charge in [-0.2, -0.15) is 0 Å². The summed E-state index contributed by atoms with van der Waals surface area (Å²) in [5.74, 6) is 0.0414. The molecule has 0 radical (unpaired) electrons. The van der Waals surface area contributed by atoms with E-state index in [9.17, 15) is 4.79 Å². The maximum atomic E-state index is 12.3. The van der Waals surface area contributed by atoms with E-state index >= 15 is 0 Å². The van der Waals surface area contributed by atoms with E-state index in [1.807, 2.05) is 0 Å². The first kappa shape index (κ1) is 17.4. The zero-order valence-corrected chi connectivity index (χ0v) is 13.9. The fourth-order valence-corrected chi connectivity index (χ4v) is 2.98. The predicted octanol–water partition coefficient (Wildman–Crippen LogP) is 2.07. The third-order valence-electron chi connectivity index (χ3n) is 4.47. The third kappa shape index (κ3) is 4.42. The fourth-order valence-electron chi connectivity index (χ4n) is 2.68. The summed E-state index contributed by atoms with van der Waals surface area (Å²) >= 11 is 5.12. The molecule has 1 fully saturated rings. The number of nitrogens with zero attached hydrogens (tertiary/aromatic N) is 1. The van der Waals surface area contributed by atoms with Crippen molar-refractivity contribution >= 4 is 23.1 Å². The van der Waals surface area contributed by atoms with Crippen LogP contribution in [0.2, 0.25) is 0 Å². The Kier molecular flexibility index (Phi) is 6.89. The predicted molar refractivity (Wildman–Crippen MR) is 87.7 cm³/mol. The van der Waals surface area contributed by atoms with Crippen molar-refractivity contribution < 1.29 is 4.79 Å². The molecule has 0 aliphatic heterocycles. The van der Waals surface area contributed by atoms with Crippen LogP contribution in [0.5, 0.6) is 0 Å². The number of hydrogen-bond donors (Lipinski definition) is 2. The summed E-state index contributed by atoms with van der Waals surface area (Å²) in [5, 5.41) is 3.02. The second-order valence-electron chi connectivity index (χ2n) is 6.19. The van der Waals surface area contributed by atoms with Gasteiger partial charge in [-0.05, 0) is 53.1 Å². The summed E-state index contributed by atoms with van der Waals surface area (Å²) in [4.78, 5) is 15.0. The van der Waals surface area contributed by atoms with Crippen LogP contribution in [0.4, 0.5) is 0 Å². The van der Waals surface area contributed by atoms with E-state index in [0.29, 0.717) is 11.0 Å². The molecule has 4 nitrogen and oxygen atoms in total. The largest absolute Gasteiger partial charge is 0.392 e. The van der Waals surface area contributed by atoms with Gasteiger partial charge in [0, 0.05) is 12.6 Å². The lowest BCUT2D eigenvalue weighted by Crippen LogP contribution is -2.47. The van der Waals surface area contributed by atoms with Gasteiger partial charge in [0.05, 0.1) is 10.4 Å². The first-order chi connectivity index (χ1) is 9.40. The van der Waals surface area contributed by atoms with Gasteiger partial charge in [0.1, 0.15) is 0 Å². The van der Waals surface area contributed by atoms with Crippen molar-refractivity contribution in [2.24, 2.45) is 11.1 Å². The first-order valence-corrected chi connectivity index (χ1v) is 8.09. The van der Waals surface area contributed by atoms with Crippen LogP contribution in [0.25, 0.3) is 0 Å². The molecule has 0 unspecified atom stereocenters. The topological polar surface area (TPSA) is 58.4 Å². The van der Waals surface area contributed by atoms with E-state index in [1.54, 1.807) is 0 Å². The summed E-state index contributed by atoms with van der Waals surface area (Å²) in [5.41, 5.74) is 5.24. The number of rotatable bonds is 8. The summed E-state index contributed by atoms with van der Waals surface area (Å²) in [7, 11) is 2.13. The Labute approximate surface area is 128 Å². The molecule has 0 aromatic carbocycles. The van der Waals surface area contributed by atoms with Gasteiger partial charge in [0.2, 0.25) is 5.91 Å². The van der Waals surface area contributed by atoms with Gasteiger partial charge < -0.3 is 16.0 Å². The van der Waals surface area contributed by atoms with E-state index in [0.717, 1.165) is 51.6 Å². The highest BCUT2D eigenvalue weighted by atomic mass is 32.1. The van der Waals surface area contributed by atoms with Crippen molar-refractivity contribution in [2.45, 2.75) is 58.4 Å². The van der Waals surface area contributed by atoms with Crippen LogP contribution in [-0.2, 0) is 4.79 Å². The van der Waals surface area contributed by atoms with Crippen molar-refractivity contribution in [3.8, 4) is 0 Å². The zero-order chi connectivity index (χ0) is 15.2. The van der Waals surface area contributed by atoms with Gasteiger partial charge in [-0.1, -0.05) is 25.1 Å². The van der Waals surface area contributed by atoms with Crippen molar-refractivity contribution in [2.75, 3.05) is 20.1 Å². The molecule has 0 bridgehead atoms. The number of thiocarbonyl (C=S) groups is 1. The Bertz CT molecular complexity index is 338. The van der Waals surface area contributed by atoms with E-state index < -0.39 is 5.41 Å². The number of hydrogen-bond acceptors (Lipinski definition) is 3. The zero-order valence-electron chi connectivity index (χ0n) is 13.1. The Balaban J connectivity index is 2.28. The third-order valence-corrected chi connectivity index (χ3v) is 4.86. The summed E-state index contributed by atoms with van der Waals surface area (Å²) in [6.07, 6.45) is 5.80. The quantitative estimate of drug-likeness (QED) is 0.532. The Morgan fingerprint density at radius 2 is 1.95 bits per heavy atom. The number of carbonyl (C=O) groups is 1. The number of nitrogens with one attached hydrogen (secondary N) is 1. The minimum Gasteiger partial charge on any atom is -0.392 e. The van der Waals surface area contributed by atoms with Crippen LogP contribution >= 0.6 is 12.2 Å². The number of amides is 1. The van der Waals surface area contributed by atoms with Gasteiger partial charge >= 0.3 is 0 Å². The van der Waals surface area contributed by atoms with E-state index in [-0.39, 0.29) is 5.91 Å². The SMILES string of the molecule is CC(C)N(C)CCCCNC(=O)C1(C(N)=S)CCCC1. The second-order valence-corrected chi connectivity index (χ2v) is 6.63. The Morgan fingerprint density at radius 1 is 1.35 bits per heavy atom. The molecular weight excluding hydrogens is 270 g/mol. The van der Waals surface area contributed by atoms with Crippen LogP contribution in [0.1, 0.15) is 52.4 Å². The molecule has 1 saturated carbocycles. The normalized spacial score (nSPS) is 17.6. The Hall–Kier alpha value is -0.680. The van der Waals surface area contributed by atoms with Crippen LogP contribution < -0.4 is 11.1 Å². The second kappa shape index (κ2) is 7.93. The van der Waals surface area contributed by atoms with E-state index in [4.69, 9.17) is 18.0 Å². The molecule has 0 saturated heterocycles. The molecule has 1 aliphatic carbocycles. The molecule has 1 aliphatic rings. The first-order valence-electron chi connectivity index (χ1n) is 7.68. The van der Waals surface area contributed by atoms with Crippen LogP contribution in [0, 0.1) is 5.41 Å². The number of unbranched alkanes of at least 4 members (excludes halogenated alkanes) is 1. The molecule has 0 aromatic rings. The van der Waals surface area contributed by atoms with Gasteiger partial charge in [-0.25, -0.2) is 0 Å².